The van der Waals surface area contributed by atoms with Gasteiger partial charge in [-0.05, 0) is 30.9 Å². The molecule has 168 valence electrons. The molecule has 3 N–H and O–H groups in total. The van der Waals surface area contributed by atoms with Crippen molar-refractivity contribution in [2.24, 2.45) is 11.7 Å². The predicted molar refractivity (Wildman–Crippen MR) is 101 cm³/mol. The molecule has 1 saturated carbocycles. The van der Waals surface area contributed by atoms with Gasteiger partial charge in [0.15, 0.2) is 0 Å². The summed E-state index contributed by atoms with van der Waals surface area (Å²) >= 11 is 0. The third-order valence-electron chi connectivity index (χ3n) is 5.55. The van der Waals surface area contributed by atoms with Gasteiger partial charge >= 0.3 is 0 Å². The van der Waals surface area contributed by atoms with E-state index in [0.29, 0.717) is 18.2 Å². The van der Waals surface area contributed by atoms with E-state index in [1.165, 1.54) is 17.0 Å². The third kappa shape index (κ3) is 4.62. The average Bonchev–Trinajstić information content (AvgIpc) is 3.45. The average molecular weight is 438 g/mol. The van der Waals surface area contributed by atoms with Gasteiger partial charge in [-0.1, -0.05) is 0 Å². The number of nitrogens with one attached hydrogen (secondary N) is 1. The largest absolute Gasteiger partial charge is 0.530 e. The number of nitrogens with zero attached hydrogens (tertiary/aromatic N) is 3. The van der Waals surface area contributed by atoms with E-state index in [0.717, 1.165) is 17.7 Å². The van der Waals surface area contributed by atoms with Crippen molar-refractivity contribution < 1.29 is 33.0 Å². The number of hydrogen-bond acceptors (Lipinski definition) is 7. The smallest absolute Gasteiger partial charge is 0.282 e. The van der Waals surface area contributed by atoms with Gasteiger partial charge in [0.1, 0.15) is 17.5 Å². The Balaban J connectivity index is 1.50. The molecule has 0 bridgehead atoms. The monoisotopic (exact) mass is 438 g/mol. The Kier molecular flexibility index (Phi) is 5.10. The number of primary amides is 1. The summed E-state index contributed by atoms with van der Waals surface area (Å²) in [6, 6.07) is 2.87. The number of anilines is 1. The SMILES string of the molecule is NC(=O)CC1(NC(=O)c2ccc(N3CC(F)(F)C3)c(OCC3CC3)n2)CN(C(=O)[O-])C1. The van der Waals surface area contributed by atoms with Gasteiger partial charge in [-0.2, -0.15) is 0 Å². The first-order valence-electron chi connectivity index (χ1n) is 9.89. The molecule has 2 aliphatic heterocycles. The van der Waals surface area contributed by atoms with E-state index < -0.39 is 42.5 Å². The number of rotatable bonds is 8. The number of hydrogen-bond donors (Lipinski definition) is 2. The molecule has 3 amide bonds. The number of nitrogens with two attached hydrogens (primary N) is 1. The molecule has 3 fully saturated rings. The summed E-state index contributed by atoms with van der Waals surface area (Å²) in [7, 11) is 0. The number of carbonyl (C=O) groups excluding carboxylic acids is 3. The first-order chi connectivity index (χ1) is 14.6. The van der Waals surface area contributed by atoms with Gasteiger partial charge in [-0.3, -0.25) is 9.59 Å². The van der Waals surface area contributed by atoms with Crippen LogP contribution >= 0.6 is 0 Å². The summed E-state index contributed by atoms with van der Waals surface area (Å²) in [6.45, 7) is -0.824. The van der Waals surface area contributed by atoms with Crippen molar-refractivity contribution in [2.75, 3.05) is 37.7 Å². The number of aromatic nitrogens is 1. The molecule has 0 aromatic carbocycles. The molecule has 0 spiro atoms. The second-order valence-corrected chi connectivity index (χ2v) is 8.49. The van der Waals surface area contributed by atoms with Crippen LogP contribution in [0.15, 0.2) is 12.1 Å². The van der Waals surface area contributed by atoms with Crippen LogP contribution in [0.1, 0.15) is 29.8 Å². The molecule has 2 saturated heterocycles. The Morgan fingerprint density at radius 2 is 1.90 bits per heavy atom. The van der Waals surface area contributed by atoms with Gasteiger partial charge in [-0.25, -0.2) is 13.8 Å². The highest BCUT2D eigenvalue weighted by atomic mass is 19.3. The number of alkyl halides is 2. The first-order valence-corrected chi connectivity index (χ1v) is 9.89. The number of pyridine rings is 1. The lowest BCUT2D eigenvalue weighted by molar-refractivity contribution is -0.273. The molecule has 10 nitrogen and oxygen atoms in total. The Hall–Kier alpha value is -3.18. The molecule has 3 heterocycles. The van der Waals surface area contributed by atoms with Gasteiger partial charge in [0.25, 0.3) is 11.8 Å². The molecule has 0 radical (unpaired) electrons. The molecular weight excluding hydrogens is 416 g/mol. The number of halogens is 2. The number of amides is 3. The molecule has 1 aromatic heterocycles. The quantitative estimate of drug-likeness (QED) is 0.548. The molecule has 0 unspecified atom stereocenters. The molecule has 31 heavy (non-hydrogen) atoms. The lowest BCUT2D eigenvalue weighted by Crippen LogP contribution is -2.73. The van der Waals surface area contributed by atoms with Crippen LogP contribution in [0.3, 0.4) is 0 Å². The topological polar surface area (TPSA) is 141 Å². The summed E-state index contributed by atoms with van der Waals surface area (Å²) in [5.74, 6) is -3.66. The fraction of sp³-hybridized carbons (Fsp3) is 0.579. The van der Waals surface area contributed by atoms with Crippen molar-refractivity contribution in [3.05, 3.63) is 17.8 Å². The highest BCUT2D eigenvalue weighted by Crippen LogP contribution is 2.38. The van der Waals surface area contributed by atoms with Crippen LogP contribution in [0.2, 0.25) is 0 Å². The fourth-order valence-electron chi connectivity index (χ4n) is 3.76. The highest BCUT2D eigenvalue weighted by Gasteiger charge is 2.47. The van der Waals surface area contributed by atoms with Crippen LogP contribution in [-0.2, 0) is 4.79 Å². The van der Waals surface area contributed by atoms with E-state index in [4.69, 9.17) is 10.5 Å². The summed E-state index contributed by atoms with van der Waals surface area (Å²) in [5, 5.41) is 13.6. The summed E-state index contributed by atoms with van der Waals surface area (Å²) < 4.78 is 32.3. The van der Waals surface area contributed by atoms with E-state index >= 15 is 0 Å². The minimum Gasteiger partial charge on any atom is -0.530 e. The minimum atomic E-state index is -2.78. The Labute approximate surface area is 176 Å². The number of likely N-dealkylation sites (tertiary alicyclic amines) is 1. The minimum absolute atomic E-state index is 0.0439. The van der Waals surface area contributed by atoms with Gasteiger partial charge in [0.2, 0.25) is 11.8 Å². The Morgan fingerprint density at radius 1 is 1.23 bits per heavy atom. The van der Waals surface area contributed by atoms with Gasteiger partial charge < -0.3 is 35.5 Å². The maximum absolute atomic E-state index is 13.3. The zero-order valence-electron chi connectivity index (χ0n) is 16.6. The van der Waals surface area contributed by atoms with Crippen LogP contribution in [0, 0.1) is 5.92 Å². The highest BCUT2D eigenvalue weighted by molar-refractivity contribution is 5.94. The second-order valence-electron chi connectivity index (χ2n) is 8.49. The van der Waals surface area contributed by atoms with E-state index in [1.54, 1.807) is 0 Å². The molecular formula is C19H22F2N5O5-. The van der Waals surface area contributed by atoms with Crippen molar-refractivity contribution in [1.29, 1.82) is 0 Å². The van der Waals surface area contributed by atoms with Crippen molar-refractivity contribution in [3.8, 4) is 5.88 Å². The van der Waals surface area contributed by atoms with E-state index in [9.17, 15) is 28.3 Å². The van der Waals surface area contributed by atoms with Gasteiger partial charge in [-0.15, -0.1) is 0 Å². The molecule has 3 aliphatic rings. The van der Waals surface area contributed by atoms with Crippen LogP contribution < -0.4 is 25.8 Å². The summed E-state index contributed by atoms with van der Waals surface area (Å²) in [6.07, 6.45) is 0.358. The Bertz CT molecular complexity index is 909. The third-order valence-corrected chi connectivity index (χ3v) is 5.55. The lowest BCUT2D eigenvalue weighted by atomic mass is 9.86. The van der Waals surface area contributed by atoms with Gasteiger partial charge in [0.05, 0.1) is 31.7 Å². The van der Waals surface area contributed by atoms with Gasteiger partial charge in [0, 0.05) is 13.1 Å². The molecule has 1 aromatic rings. The molecule has 1 aliphatic carbocycles. The van der Waals surface area contributed by atoms with Crippen molar-refractivity contribution >= 4 is 23.6 Å². The number of carboxylic acid groups (broad SMARTS) is 1. The van der Waals surface area contributed by atoms with E-state index in [1.807, 2.05) is 0 Å². The first kappa shape index (κ1) is 21.1. The Morgan fingerprint density at radius 3 is 2.45 bits per heavy atom. The molecule has 4 rings (SSSR count). The van der Waals surface area contributed by atoms with Crippen molar-refractivity contribution in [1.82, 2.24) is 15.2 Å². The maximum atomic E-state index is 13.3. The van der Waals surface area contributed by atoms with Crippen molar-refractivity contribution in [2.45, 2.75) is 30.7 Å². The van der Waals surface area contributed by atoms with Crippen molar-refractivity contribution in [3.63, 3.8) is 0 Å². The number of ether oxygens (including phenoxy) is 1. The predicted octanol–water partition coefficient (Wildman–Crippen LogP) is -0.671. The zero-order chi connectivity index (χ0) is 22.4. The van der Waals surface area contributed by atoms with Crippen LogP contribution in [-0.4, -0.2) is 72.0 Å². The lowest BCUT2D eigenvalue weighted by Gasteiger charge is -2.51. The van der Waals surface area contributed by atoms with Crippen LogP contribution in [0.25, 0.3) is 0 Å². The van der Waals surface area contributed by atoms with Crippen LogP contribution in [0.5, 0.6) is 5.88 Å². The normalized spacial score (nSPS) is 21.0. The number of carbonyl (C=O) groups is 3. The standard InChI is InChI=1S/C19H23F2N5O5/c20-19(21)9-25(10-19)13-4-3-12(23-16(13)31-6-11-1-2-11)15(28)24-18(5-14(22)27)7-26(8-18)17(29)30/h3-4,11H,1-2,5-10H2,(H2,22,27)(H,24,28)(H,29,30)/p-1. The van der Waals surface area contributed by atoms with E-state index in [-0.39, 0.29) is 31.1 Å². The molecule has 0 atom stereocenters. The zero-order valence-corrected chi connectivity index (χ0v) is 16.6. The van der Waals surface area contributed by atoms with Crippen LogP contribution in [0.4, 0.5) is 19.3 Å². The summed E-state index contributed by atoms with van der Waals surface area (Å²) in [4.78, 5) is 41.7. The fourth-order valence-corrected chi connectivity index (χ4v) is 3.76. The molecule has 12 heteroatoms. The summed E-state index contributed by atoms with van der Waals surface area (Å²) in [5.41, 5.74) is 4.42. The maximum Gasteiger partial charge on any atom is 0.282 e. The van der Waals surface area contributed by atoms with E-state index in [2.05, 4.69) is 10.3 Å². The second kappa shape index (κ2) is 7.50.